The number of amides is 1. The Morgan fingerprint density at radius 3 is 2.45 bits per heavy atom. The molecule has 0 aliphatic heterocycles. The van der Waals surface area contributed by atoms with Gasteiger partial charge in [0.05, 0.1) is 38.2 Å². The molecule has 0 radical (unpaired) electrons. The summed E-state index contributed by atoms with van der Waals surface area (Å²) < 4.78 is 22.3. The average Bonchev–Trinajstić information content (AvgIpc) is 3.18. The second-order valence-electron chi connectivity index (χ2n) is 6.16. The molecule has 3 rings (SSSR count). The summed E-state index contributed by atoms with van der Waals surface area (Å²) in [6.45, 7) is 2.47. The fourth-order valence-corrected chi connectivity index (χ4v) is 3.77. The Bertz CT molecular complexity index is 1150. The molecule has 0 aliphatic carbocycles. The van der Waals surface area contributed by atoms with Crippen LogP contribution in [0, 0.1) is 11.3 Å². The van der Waals surface area contributed by atoms with E-state index in [4.69, 9.17) is 18.9 Å². The number of nitrogens with zero attached hydrogens (tertiary/aromatic N) is 2. The van der Waals surface area contributed by atoms with Crippen molar-refractivity contribution >= 4 is 38.7 Å². The highest BCUT2D eigenvalue weighted by molar-refractivity contribution is 7.22. The molecular formula is C22H21N3O5S. The van der Waals surface area contributed by atoms with Crippen LogP contribution < -0.4 is 24.3 Å². The minimum atomic E-state index is -0.569. The fourth-order valence-electron chi connectivity index (χ4n) is 2.88. The van der Waals surface area contributed by atoms with Crippen molar-refractivity contribution in [3.63, 3.8) is 0 Å². The molecule has 31 heavy (non-hydrogen) atoms. The number of hydrogen-bond acceptors (Lipinski definition) is 8. The number of nitrogens with one attached hydrogen (secondary N) is 1. The van der Waals surface area contributed by atoms with Crippen molar-refractivity contribution < 1.29 is 23.7 Å². The van der Waals surface area contributed by atoms with Gasteiger partial charge in [0.15, 0.2) is 16.6 Å². The van der Waals surface area contributed by atoms with Gasteiger partial charge in [0.25, 0.3) is 5.91 Å². The van der Waals surface area contributed by atoms with Crippen molar-refractivity contribution in [3.8, 4) is 29.1 Å². The number of anilines is 1. The zero-order chi connectivity index (χ0) is 22.4. The maximum absolute atomic E-state index is 12.7. The number of carbonyl (C=O) groups is 1. The predicted molar refractivity (Wildman–Crippen MR) is 119 cm³/mol. The third kappa shape index (κ3) is 4.87. The molecule has 0 fully saturated rings. The molecule has 9 heteroatoms. The van der Waals surface area contributed by atoms with Gasteiger partial charge in [0.1, 0.15) is 17.4 Å². The summed E-state index contributed by atoms with van der Waals surface area (Å²) >= 11 is 1.30. The lowest BCUT2D eigenvalue weighted by molar-refractivity contribution is -0.112. The monoisotopic (exact) mass is 439 g/mol. The van der Waals surface area contributed by atoms with Crippen molar-refractivity contribution in [3.05, 3.63) is 41.5 Å². The summed E-state index contributed by atoms with van der Waals surface area (Å²) in [6, 6.07) is 10.7. The highest BCUT2D eigenvalue weighted by Gasteiger charge is 2.16. The van der Waals surface area contributed by atoms with Gasteiger partial charge in [-0.25, -0.2) is 4.98 Å². The maximum Gasteiger partial charge on any atom is 0.268 e. The first-order valence-corrected chi connectivity index (χ1v) is 10.1. The van der Waals surface area contributed by atoms with E-state index in [9.17, 15) is 10.1 Å². The van der Waals surface area contributed by atoms with E-state index in [1.165, 1.54) is 38.7 Å². The highest BCUT2D eigenvalue weighted by Crippen LogP contribution is 2.38. The van der Waals surface area contributed by atoms with Crippen LogP contribution in [0.2, 0.25) is 0 Å². The van der Waals surface area contributed by atoms with Crippen molar-refractivity contribution in [1.29, 1.82) is 5.26 Å². The minimum absolute atomic E-state index is 0.0939. The molecular weight excluding hydrogens is 418 g/mol. The molecule has 0 saturated carbocycles. The van der Waals surface area contributed by atoms with Crippen LogP contribution in [0.1, 0.15) is 12.5 Å². The highest BCUT2D eigenvalue weighted by atomic mass is 32.1. The number of ether oxygens (including phenoxy) is 4. The van der Waals surface area contributed by atoms with Crippen LogP contribution in [-0.2, 0) is 4.79 Å². The van der Waals surface area contributed by atoms with Crippen molar-refractivity contribution in [2.24, 2.45) is 0 Å². The average molecular weight is 439 g/mol. The quantitative estimate of drug-likeness (QED) is 0.413. The van der Waals surface area contributed by atoms with E-state index < -0.39 is 5.91 Å². The third-order valence-electron chi connectivity index (χ3n) is 4.25. The van der Waals surface area contributed by atoms with Crippen LogP contribution in [0.25, 0.3) is 16.3 Å². The van der Waals surface area contributed by atoms with Gasteiger partial charge in [-0.2, -0.15) is 5.26 Å². The van der Waals surface area contributed by atoms with E-state index in [1.807, 2.05) is 31.2 Å². The number of aromatic nitrogens is 1. The lowest BCUT2D eigenvalue weighted by atomic mass is 10.1. The Labute approximate surface area is 183 Å². The fraction of sp³-hybridized carbons (Fsp3) is 0.227. The van der Waals surface area contributed by atoms with Gasteiger partial charge in [-0.3, -0.25) is 10.1 Å². The van der Waals surface area contributed by atoms with E-state index in [-0.39, 0.29) is 5.57 Å². The zero-order valence-corrected chi connectivity index (χ0v) is 18.3. The third-order valence-corrected chi connectivity index (χ3v) is 5.19. The number of methoxy groups -OCH3 is 3. The topological polar surface area (TPSA) is 103 Å². The van der Waals surface area contributed by atoms with Crippen molar-refractivity contribution in [2.45, 2.75) is 6.92 Å². The molecule has 2 aromatic carbocycles. The van der Waals surface area contributed by atoms with Crippen LogP contribution in [0.15, 0.2) is 35.9 Å². The standard InChI is InChI=1S/C22H21N3O5S/c1-5-30-15-6-7-16-19(11-15)31-22(24-16)25-21(26)14(12-23)8-13-9-17(27-2)20(29-4)18(10-13)28-3/h6-11H,5H2,1-4H3,(H,24,25,26). The molecule has 0 saturated heterocycles. The van der Waals surface area contributed by atoms with Crippen LogP contribution >= 0.6 is 11.3 Å². The molecule has 1 N–H and O–H groups in total. The van der Waals surface area contributed by atoms with E-state index >= 15 is 0 Å². The first-order chi connectivity index (χ1) is 15.0. The van der Waals surface area contributed by atoms with Crippen LogP contribution in [0.4, 0.5) is 5.13 Å². The zero-order valence-electron chi connectivity index (χ0n) is 17.5. The summed E-state index contributed by atoms with van der Waals surface area (Å²) in [5.74, 6) is 1.42. The van der Waals surface area contributed by atoms with Crippen LogP contribution in [-0.4, -0.2) is 38.8 Å². The van der Waals surface area contributed by atoms with Gasteiger partial charge in [-0.15, -0.1) is 0 Å². The lowest BCUT2D eigenvalue weighted by Gasteiger charge is -2.13. The van der Waals surface area contributed by atoms with Gasteiger partial charge >= 0.3 is 0 Å². The second kappa shape index (κ2) is 9.82. The van der Waals surface area contributed by atoms with Crippen LogP contribution in [0.3, 0.4) is 0 Å². The Kier molecular flexibility index (Phi) is 6.95. The number of benzene rings is 2. The molecule has 0 unspecified atom stereocenters. The summed E-state index contributed by atoms with van der Waals surface area (Å²) in [5.41, 5.74) is 1.19. The summed E-state index contributed by atoms with van der Waals surface area (Å²) in [7, 11) is 4.49. The molecule has 1 amide bonds. The Morgan fingerprint density at radius 1 is 1.16 bits per heavy atom. The second-order valence-corrected chi connectivity index (χ2v) is 7.19. The molecule has 0 bridgehead atoms. The van der Waals surface area contributed by atoms with Crippen LogP contribution in [0.5, 0.6) is 23.0 Å². The number of thiazole rings is 1. The number of carbonyl (C=O) groups excluding carboxylic acids is 1. The van der Waals surface area contributed by atoms with Gasteiger partial charge in [-0.05, 0) is 48.9 Å². The molecule has 8 nitrogen and oxygen atoms in total. The summed E-state index contributed by atoms with van der Waals surface area (Å²) in [5, 5.41) is 12.6. The molecule has 0 atom stereocenters. The molecule has 1 aromatic heterocycles. The largest absolute Gasteiger partial charge is 0.494 e. The van der Waals surface area contributed by atoms with E-state index in [1.54, 1.807) is 12.1 Å². The molecule has 1 heterocycles. The molecule has 0 aliphatic rings. The number of nitriles is 1. The minimum Gasteiger partial charge on any atom is -0.494 e. The summed E-state index contributed by atoms with van der Waals surface area (Å²) in [4.78, 5) is 17.1. The Morgan fingerprint density at radius 2 is 1.87 bits per heavy atom. The normalized spacial score (nSPS) is 11.0. The molecule has 0 spiro atoms. The van der Waals surface area contributed by atoms with Gasteiger partial charge in [0, 0.05) is 0 Å². The maximum atomic E-state index is 12.7. The van der Waals surface area contributed by atoms with Crippen molar-refractivity contribution in [2.75, 3.05) is 33.3 Å². The van der Waals surface area contributed by atoms with Gasteiger partial charge in [0.2, 0.25) is 5.75 Å². The Hall–Kier alpha value is -3.77. The van der Waals surface area contributed by atoms with E-state index in [0.29, 0.717) is 34.6 Å². The lowest BCUT2D eigenvalue weighted by Crippen LogP contribution is -2.13. The number of rotatable bonds is 8. The number of fused-ring (bicyclic) bond motifs is 1. The first-order valence-electron chi connectivity index (χ1n) is 9.29. The van der Waals surface area contributed by atoms with Gasteiger partial charge < -0.3 is 18.9 Å². The van der Waals surface area contributed by atoms with E-state index in [2.05, 4.69) is 10.3 Å². The first kappa shape index (κ1) is 21.9. The SMILES string of the molecule is CCOc1ccc2nc(NC(=O)C(C#N)=Cc3cc(OC)c(OC)c(OC)c3)sc2c1. The summed E-state index contributed by atoms with van der Waals surface area (Å²) in [6.07, 6.45) is 1.44. The predicted octanol–water partition coefficient (Wildman–Crippen LogP) is 4.27. The molecule has 3 aromatic rings. The van der Waals surface area contributed by atoms with E-state index in [0.717, 1.165) is 16.0 Å². The smallest absolute Gasteiger partial charge is 0.268 e. The molecule has 160 valence electrons. The van der Waals surface area contributed by atoms with Gasteiger partial charge in [-0.1, -0.05) is 11.3 Å². The number of hydrogen-bond donors (Lipinski definition) is 1. The van der Waals surface area contributed by atoms with Crippen molar-refractivity contribution in [1.82, 2.24) is 4.98 Å². The Balaban J connectivity index is 1.87.